The van der Waals surface area contributed by atoms with Crippen molar-refractivity contribution in [1.29, 1.82) is 0 Å². The van der Waals surface area contributed by atoms with Crippen molar-refractivity contribution in [2.75, 3.05) is 13.7 Å². The highest BCUT2D eigenvalue weighted by Gasteiger charge is 2.27. The lowest BCUT2D eigenvalue weighted by Gasteiger charge is -2.22. The summed E-state index contributed by atoms with van der Waals surface area (Å²) in [4.78, 5) is 12.1. The lowest BCUT2D eigenvalue weighted by Crippen LogP contribution is -2.39. The Labute approximate surface area is 123 Å². The van der Waals surface area contributed by atoms with E-state index in [1.165, 1.54) is 0 Å². The molecule has 0 spiro atoms. The number of methoxy groups -OCH3 is 1. The van der Waals surface area contributed by atoms with E-state index in [1.807, 2.05) is 38.1 Å². The second kappa shape index (κ2) is 6.45. The monoisotopic (exact) mass is 289 g/mol. The van der Waals surface area contributed by atoms with Gasteiger partial charge in [0.1, 0.15) is 0 Å². The van der Waals surface area contributed by atoms with Crippen LogP contribution in [0.25, 0.3) is 11.4 Å². The van der Waals surface area contributed by atoms with Crippen molar-refractivity contribution in [3.05, 3.63) is 29.8 Å². The summed E-state index contributed by atoms with van der Waals surface area (Å²) in [6.45, 7) is 4.56. The van der Waals surface area contributed by atoms with Gasteiger partial charge in [-0.3, -0.25) is 4.79 Å². The first kappa shape index (κ1) is 15.1. The number of ether oxygens (including phenoxy) is 1. The van der Waals surface area contributed by atoms with Crippen molar-refractivity contribution >= 4 is 5.91 Å². The number of aromatic amines is 1. The molecule has 0 aliphatic rings. The van der Waals surface area contributed by atoms with Crippen LogP contribution in [0, 0.1) is 5.41 Å². The van der Waals surface area contributed by atoms with Crippen LogP contribution >= 0.6 is 0 Å². The number of hydrogen-bond acceptors (Lipinski definition) is 5. The third kappa shape index (κ3) is 3.85. The van der Waals surface area contributed by atoms with E-state index < -0.39 is 5.41 Å². The maximum Gasteiger partial charge on any atom is 0.228 e. The van der Waals surface area contributed by atoms with E-state index in [0.717, 1.165) is 11.1 Å². The molecule has 0 aliphatic carbocycles. The minimum absolute atomic E-state index is 0.0356. The maximum absolute atomic E-state index is 12.1. The van der Waals surface area contributed by atoms with Gasteiger partial charge in [0.2, 0.25) is 11.7 Å². The molecule has 0 aliphatic heterocycles. The Morgan fingerprint density at radius 2 is 2.05 bits per heavy atom. The van der Waals surface area contributed by atoms with Crippen LogP contribution in [-0.4, -0.2) is 40.2 Å². The largest absolute Gasteiger partial charge is 0.384 e. The third-order valence-corrected chi connectivity index (χ3v) is 3.13. The Kier molecular flexibility index (Phi) is 4.64. The molecule has 7 nitrogen and oxygen atoms in total. The molecule has 1 amide bonds. The van der Waals surface area contributed by atoms with Gasteiger partial charge in [0, 0.05) is 19.2 Å². The summed E-state index contributed by atoms with van der Waals surface area (Å²) in [6.07, 6.45) is 0. The van der Waals surface area contributed by atoms with Crippen molar-refractivity contribution < 1.29 is 9.53 Å². The minimum atomic E-state index is -0.542. The highest BCUT2D eigenvalue weighted by Crippen LogP contribution is 2.16. The number of carbonyl (C=O) groups is 1. The number of tetrazole rings is 1. The highest BCUT2D eigenvalue weighted by atomic mass is 16.5. The van der Waals surface area contributed by atoms with Gasteiger partial charge >= 0.3 is 0 Å². The molecule has 0 bridgehead atoms. The number of hydrogen-bond donors (Lipinski definition) is 2. The highest BCUT2D eigenvalue weighted by molar-refractivity contribution is 5.81. The number of nitrogens with one attached hydrogen (secondary N) is 2. The number of aromatic nitrogens is 4. The molecule has 0 unspecified atom stereocenters. The Bertz CT molecular complexity index is 578. The first-order chi connectivity index (χ1) is 10.0. The van der Waals surface area contributed by atoms with Crippen molar-refractivity contribution in [1.82, 2.24) is 25.9 Å². The summed E-state index contributed by atoms with van der Waals surface area (Å²) in [5, 5.41) is 16.7. The van der Waals surface area contributed by atoms with Gasteiger partial charge in [-0.25, -0.2) is 0 Å². The van der Waals surface area contributed by atoms with E-state index >= 15 is 0 Å². The smallest absolute Gasteiger partial charge is 0.228 e. The topological polar surface area (TPSA) is 92.8 Å². The van der Waals surface area contributed by atoms with E-state index in [0.29, 0.717) is 19.0 Å². The van der Waals surface area contributed by atoms with E-state index in [2.05, 4.69) is 25.9 Å². The zero-order valence-electron chi connectivity index (χ0n) is 12.4. The van der Waals surface area contributed by atoms with Gasteiger partial charge in [-0.2, -0.15) is 5.21 Å². The van der Waals surface area contributed by atoms with E-state index in [1.54, 1.807) is 7.11 Å². The molecule has 1 aromatic heterocycles. The number of H-pyrrole nitrogens is 1. The summed E-state index contributed by atoms with van der Waals surface area (Å²) < 4.78 is 5.05. The van der Waals surface area contributed by atoms with Crippen LogP contribution in [-0.2, 0) is 16.1 Å². The fourth-order valence-electron chi connectivity index (χ4n) is 1.90. The van der Waals surface area contributed by atoms with Crippen LogP contribution in [0.1, 0.15) is 19.4 Å². The molecule has 0 saturated carbocycles. The van der Waals surface area contributed by atoms with Crippen LogP contribution in [0.3, 0.4) is 0 Å². The predicted molar refractivity (Wildman–Crippen MR) is 77.1 cm³/mol. The van der Waals surface area contributed by atoms with Crippen LogP contribution in [0.4, 0.5) is 0 Å². The molecule has 1 aromatic carbocycles. The number of rotatable bonds is 6. The number of benzene rings is 1. The van der Waals surface area contributed by atoms with Crippen molar-refractivity contribution in [2.24, 2.45) is 5.41 Å². The zero-order valence-corrected chi connectivity index (χ0v) is 12.4. The SMILES string of the molecule is COCC(C)(C)C(=O)NCc1ccc(-c2nn[nH]n2)cc1. The first-order valence-corrected chi connectivity index (χ1v) is 6.63. The average molecular weight is 289 g/mol. The summed E-state index contributed by atoms with van der Waals surface area (Å²) in [5.74, 6) is 0.512. The quantitative estimate of drug-likeness (QED) is 0.832. The molecule has 0 fully saturated rings. The second-order valence-corrected chi connectivity index (χ2v) is 5.43. The molecule has 21 heavy (non-hydrogen) atoms. The normalized spacial score (nSPS) is 11.4. The Morgan fingerprint density at radius 1 is 1.33 bits per heavy atom. The molecular weight excluding hydrogens is 270 g/mol. The molecular formula is C14H19N5O2. The summed E-state index contributed by atoms with van der Waals surface area (Å²) >= 11 is 0. The number of carbonyl (C=O) groups excluding carboxylic acids is 1. The lowest BCUT2D eigenvalue weighted by molar-refractivity contribution is -0.132. The van der Waals surface area contributed by atoms with Crippen LogP contribution < -0.4 is 5.32 Å². The minimum Gasteiger partial charge on any atom is -0.384 e. The van der Waals surface area contributed by atoms with E-state index in [-0.39, 0.29) is 5.91 Å². The van der Waals surface area contributed by atoms with Gasteiger partial charge in [0.15, 0.2) is 0 Å². The van der Waals surface area contributed by atoms with Gasteiger partial charge < -0.3 is 10.1 Å². The van der Waals surface area contributed by atoms with Crippen molar-refractivity contribution in [3.63, 3.8) is 0 Å². The maximum atomic E-state index is 12.1. The standard InChI is InChI=1S/C14H19N5O2/c1-14(2,9-21-3)13(20)15-8-10-4-6-11(7-5-10)12-16-18-19-17-12/h4-7H,8-9H2,1-3H3,(H,15,20)(H,16,17,18,19). The Balaban J connectivity index is 1.94. The summed E-state index contributed by atoms with van der Waals surface area (Å²) in [6, 6.07) is 7.64. The third-order valence-electron chi connectivity index (χ3n) is 3.13. The molecule has 0 radical (unpaired) electrons. The predicted octanol–water partition coefficient (Wildman–Crippen LogP) is 1.16. The summed E-state index contributed by atoms with van der Waals surface area (Å²) in [7, 11) is 1.59. The van der Waals surface area contributed by atoms with E-state index in [9.17, 15) is 4.79 Å². The van der Waals surface area contributed by atoms with Crippen molar-refractivity contribution in [3.8, 4) is 11.4 Å². The Hall–Kier alpha value is -2.28. The Morgan fingerprint density at radius 3 is 2.62 bits per heavy atom. The number of nitrogens with zero attached hydrogens (tertiary/aromatic N) is 3. The second-order valence-electron chi connectivity index (χ2n) is 5.43. The van der Waals surface area contributed by atoms with Crippen LogP contribution in [0.15, 0.2) is 24.3 Å². The van der Waals surface area contributed by atoms with Crippen molar-refractivity contribution in [2.45, 2.75) is 20.4 Å². The molecule has 112 valence electrons. The molecule has 7 heteroatoms. The molecule has 0 saturated heterocycles. The molecule has 2 N–H and O–H groups in total. The molecule has 2 rings (SSSR count). The van der Waals surface area contributed by atoms with Gasteiger partial charge in [-0.05, 0) is 24.6 Å². The summed E-state index contributed by atoms with van der Waals surface area (Å²) in [5.41, 5.74) is 1.33. The van der Waals surface area contributed by atoms with Crippen LogP contribution in [0.2, 0.25) is 0 Å². The van der Waals surface area contributed by atoms with Gasteiger partial charge in [0.05, 0.1) is 12.0 Å². The van der Waals surface area contributed by atoms with Gasteiger partial charge in [-0.1, -0.05) is 24.3 Å². The first-order valence-electron chi connectivity index (χ1n) is 6.63. The molecule has 0 atom stereocenters. The van der Waals surface area contributed by atoms with Crippen LogP contribution in [0.5, 0.6) is 0 Å². The average Bonchev–Trinajstić information content (AvgIpc) is 2.99. The van der Waals surface area contributed by atoms with E-state index in [4.69, 9.17) is 4.74 Å². The zero-order chi connectivity index (χ0) is 15.3. The number of amides is 1. The molecule has 1 heterocycles. The van der Waals surface area contributed by atoms with Gasteiger partial charge in [-0.15, -0.1) is 10.2 Å². The fourth-order valence-corrected chi connectivity index (χ4v) is 1.90. The lowest BCUT2D eigenvalue weighted by atomic mass is 9.93. The fraction of sp³-hybridized carbons (Fsp3) is 0.429. The van der Waals surface area contributed by atoms with Gasteiger partial charge in [0.25, 0.3) is 0 Å². The molecule has 2 aromatic rings.